The van der Waals surface area contributed by atoms with Crippen LogP contribution in [0.5, 0.6) is 0 Å². The summed E-state index contributed by atoms with van der Waals surface area (Å²) in [4.78, 5) is 35.3. The Labute approximate surface area is 203 Å². The quantitative estimate of drug-likeness (QED) is 0.236. The van der Waals surface area contributed by atoms with Gasteiger partial charge in [0.25, 0.3) is 11.7 Å². The van der Waals surface area contributed by atoms with E-state index < -0.39 is 17.7 Å². The number of benzene rings is 2. The molecule has 5 rings (SSSR count). The second kappa shape index (κ2) is 9.22. The first-order valence-corrected chi connectivity index (χ1v) is 11.8. The van der Waals surface area contributed by atoms with Crippen LogP contribution in [-0.2, 0) is 22.4 Å². The van der Waals surface area contributed by atoms with E-state index >= 15 is 0 Å². The minimum Gasteiger partial charge on any atom is -0.507 e. The van der Waals surface area contributed by atoms with Gasteiger partial charge in [-0.25, -0.2) is 0 Å². The van der Waals surface area contributed by atoms with Gasteiger partial charge in [0.15, 0.2) is 0 Å². The molecular formula is C29H27N3O3. The monoisotopic (exact) mass is 465 g/mol. The van der Waals surface area contributed by atoms with Crippen LogP contribution >= 0.6 is 0 Å². The summed E-state index contributed by atoms with van der Waals surface area (Å²) in [5.74, 6) is -1.44. The van der Waals surface area contributed by atoms with Crippen molar-refractivity contribution in [2.24, 2.45) is 0 Å². The average molecular weight is 466 g/mol. The van der Waals surface area contributed by atoms with Crippen molar-refractivity contribution in [2.75, 3.05) is 6.54 Å². The van der Waals surface area contributed by atoms with Gasteiger partial charge >= 0.3 is 0 Å². The molecule has 1 fully saturated rings. The molecule has 2 aromatic heterocycles. The number of fused-ring (bicyclic) bond motifs is 1. The largest absolute Gasteiger partial charge is 0.507 e. The van der Waals surface area contributed by atoms with Crippen molar-refractivity contribution < 1.29 is 14.7 Å². The number of nitrogens with zero attached hydrogens (tertiary/aromatic N) is 2. The predicted molar refractivity (Wildman–Crippen MR) is 136 cm³/mol. The summed E-state index contributed by atoms with van der Waals surface area (Å²) in [6, 6.07) is 16.7. The standard InChI is InChI=1S/C29H27N3O3/c1-3-19-5-7-20(8-6-19)26-25(27(33)21-10-13-30-14-11-21)28(34)29(35)32(26)15-12-22-17-31-24-16-18(2)4-9-23(22)24/h4-11,13-14,16-17,26,31,33H,3,12,15H2,1-2H3. The van der Waals surface area contributed by atoms with Gasteiger partial charge in [0, 0.05) is 41.6 Å². The van der Waals surface area contributed by atoms with E-state index in [1.807, 2.05) is 37.4 Å². The minimum absolute atomic E-state index is 0.111. The van der Waals surface area contributed by atoms with Crippen molar-refractivity contribution >= 4 is 28.4 Å². The Bertz CT molecular complexity index is 1440. The molecule has 4 aromatic rings. The number of pyridine rings is 1. The number of carbonyl (C=O) groups excluding carboxylic acids is 2. The number of aromatic nitrogens is 2. The van der Waals surface area contributed by atoms with Gasteiger partial charge in [0.05, 0.1) is 11.6 Å². The number of aryl methyl sites for hydroxylation is 2. The smallest absolute Gasteiger partial charge is 0.295 e. The van der Waals surface area contributed by atoms with E-state index in [0.717, 1.165) is 34.0 Å². The topological polar surface area (TPSA) is 86.3 Å². The van der Waals surface area contributed by atoms with Gasteiger partial charge in [-0.1, -0.05) is 43.3 Å². The van der Waals surface area contributed by atoms with Crippen LogP contribution in [0.15, 0.2) is 78.8 Å². The number of nitrogens with one attached hydrogen (secondary N) is 1. The Morgan fingerprint density at radius 3 is 2.51 bits per heavy atom. The number of carbonyl (C=O) groups is 2. The lowest BCUT2D eigenvalue weighted by Gasteiger charge is -2.25. The molecule has 1 aliphatic rings. The molecule has 6 nitrogen and oxygen atoms in total. The van der Waals surface area contributed by atoms with Gasteiger partial charge in [0.1, 0.15) is 5.76 Å². The number of amides is 1. The Hall–Kier alpha value is -4.19. The maximum absolute atomic E-state index is 13.2. The number of aliphatic hydroxyl groups excluding tert-OH is 1. The van der Waals surface area contributed by atoms with E-state index in [2.05, 4.69) is 35.1 Å². The summed E-state index contributed by atoms with van der Waals surface area (Å²) in [7, 11) is 0. The molecule has 3 heterocycles. The van der Waals surface area contributed by atoms with Crippen LogP contribution in [0.4, 0.5) is 0 Å². The van der Waals surface area contributed by atoms with Crippen LogP contribution < -0.4 is 0 Å². The number of ketones is 1. The lowest BCUT2D eigenvalue weighted by molar-refractivity contribution is -0.139. The normalized spacial score (nSPS) is 17.4. The summed E-state index contributed by atoms with van der Waals surface area (Å²) in [5.41, 5.74) is 5.83. The molecule has 1 aliphatic heterocycles. The second-order valence-corrected chi connectivity index (χ2v) is 8.94. The molecule has 176 valence electrons. The van der Waals surface area contributed by atoms with Crippen LogP contribution in [-0.4, -0.2) is 38.2 Å². The Morgan fingerprint density at radius 2 is 1.80 bits per heavy atom. The van der Waals surface area contributed by atoms with Crippen LogP contribution in [0.25, 0.3) is 16.7 Å². The third-order valence-electron chi connectivity index (χ3n) is 6.74. The van der Waals surface area contributed by atoms with Crippen molar-refractivity contribution in [3.63, 3.8) is 0 Å². The van der Waals surface area contributed by atoms with Crippen molar-refractivity contribution in [1.29, 1.82) is 0 Å². The van der Waals surface area contributed by atoms with E-state index in [9.17, 15) is 14.7 Å². The molecule has 1 atom stereocenters. The first-order chi connectivity index (χ1) is 17.0. The SMILES string of the molecule is CCc1ccc(C2C(=C(O)c3ccncc3)C(=O)C(=O)N2CCc2c[nH]c3cc(C)ccc23)cc1. The average Bonchev–Trinajstić information content (AvgIpc) is 3.40. The highest BCUT2D eigenvalue weighted by Gasteiger charge is 2.45. The predicted octanol–water partition coefficient (Wildman–Crippen LogP) is 5.10. The highest BCUT2D eigenvalue weighted by Crippen LogP contribution is 2.39. The molecule has 0 saturated carbocycles. The Kier molecular flexibility index (Phi) is 5.95. The van der Waals surface area contributed by atoms with E-state index in [1.54, 1.807) is 29.4 Å². The highest BCUT2D eigenvalue weighted by atomic mass is 16.3. The van der Waals surface area contributed by atoms with Crippen LogP contribution in [0.2, 0.25) is 0 Å². The number of likely N-dealkylation sites (tertiary alicyclic amines) is 1. The number of Topliss-reactive ketones (excluding diaryl/α,β-unsaturated/α-hetero) is 1. The highest BCUT2D eigenvalue weighted by molar-refractivity contribution is 6.46. The molecule has 0 radical (unpaired) electrons. The van der Waals surface area contributed by atoms with Crippen molar-refractivity contribution in [3.05, 3.63) is 107 Å². The molecule has 1 saturated heterocycles. The van der Waals surface area contributed by atoms with Crippen molar-refractivity contribution in [2.45, 2.75) is 32.7 Å². The number of rotatable bonds is 6. The van der Waals surface area contributed by atoms with Gasteiger partial charge in [-0.3, -0.25) is 14.6 Å². The Balaban J connectivity index is 1.55. The summed E-state index contributed by atoms with van der Waals surface area (Å²) in [5, 5.41) is 12.2. The van der Waals surface area contributed by atoms with E-state index in [4.69, 9.17) is 0 Å². The van der Waals surface area contributed by atoms with Gasteiger partial charge in [-0.05, 0) is 60.2 Å². The molecule has 1 amide bonds. The lowest BCUT2D eigenvalue weighted by atomic mass is 9.94. The fourth-order valence-corrected chi connectivity index (χ4v) is 4.81. The molecule has 35 heavy (non-hydrogen) atoms. The number of hydrogen-bond donors (Lipinski definition) is 2. The van der Waals surface area contributed by atoms with Gasteiger partial charge in [-0.2, -0.15) is 0 Å². The second-order valence-electron chi connectivity index (χ2n) is 8.94. The number of H-pyrrole nitrogens is 1. The maximum Gasteiger partial charge on any atom is 0.295 e. The van der Waals surface area contributed by atoms with Gasteiger partial charge < -0.3 is 15.0 Å². The molecule has 6 heteroatoms. The van der Waals surface area contributed by atoms with Crippen molar-refractivity contribution in [1.82, 2.24) is 14.9 Å². The fourth-order valence-electron chi connectivity index (χ4n) is 4.81. The van der Waals surface area contributed by atoms with E-state index in [1.165, 1.54) is 5.56 Å². The third kappa shape index (κ3) is 4.12. The summed E-state index contributed by atoms with van der Waals surface area (Å²) in [6.07, 6.45) is 6.53. The number of aliphatic hydroxyl groups is 1. The van der Waals surface area contributed by atoms with Crippen LogP contribution in [0.3, 0.4) is 0 Å². The fraction of sp³-hybridized carbons (Fsp3) is 0.207. The minimum atomic E-state index is -0.668. The zero-order valence-electron chi connectivity index (χ0n) is 19.8. The molecule has 2 aromatic carbocycles. The van der Waals surface area contributed by atoms with E-state index in [0.29, 0.717) is 18.5 Å². The maximum atomic E-state index is 13.2. The Morgan fingerprint density at radius 1 is 1.06 bits per heavy atom. The molecule has 0 bridgehead atoms. The van der Waals surface area contributed by atoms with Gasteiger partial charge in [0.2, 0.25) is 0 Å². The summed E-state index contributed by atoms with van der Waals surface area (Å²) < 4.78 is 0. The van der Waals surface area contributed by atoms with Crippen LogP contribution in [0.1, 0.15) is 40.8 Å². The molecule has 0 aliphatic carbocycles. The molecular weight excluding hydrogens is 438 g/mol. The summed E-state index contributed by atoms with van der Waals surface area (Å²) in [6.45, 7) is 4.47. The number of aromatic amines is 1. The van der Waals surface area contributed by atoms with Gasteiger partial charge in [-0.15, -0.1) is 0 Å². The third-order valence-corrected chi connectivity index (χ3v) is 6.74. The zero-order valence-corrected chi connectivity index (χ0v) is 19.8. The molecule has 0 spiro atoms. The first-order valence-electron chi connectivity index (χ1n) is 11.8. The zero-order chi connectivity index (χ0) is 24.5. The lowest BCUT2D eigenvalue weighted by Crippen LogP contribution is -2.31. The molecule has 2 N–H and O–H groups in total. The summed E-state index contributed by atoms with van der Waals surface area (Å²) >= 11 is 0. The molecule has 1 unspecified atom stereocenters. The number of hydrogen-bond acceptors (Lipinski definition) is 4. The van der Waals surface area contributed by atoms with Crippen LogP contribution in [0, 0.1) is 6.92 Å². The van der Waals surface area contributed by atoms with E-state index in [-0.39, 0.29) is 11.3 Å². The first kappa shape index (κ1) is 22.6. The van der Waals surface area contributed by atoms with Crippen molar-refractivity contribution in [3.8, 4) is 0 Å².